The molecule has 1 aliphatic rings. The van der Waals surface area contributed by atoms with Crippen molar-refractivity contribution in [3.05, 3.63) is 57.6 Å². The minimum Gasteiger partial charge on any atom is -0.0872 e. The summed E-state index contributed by atoms with van der Waals surface area (Å²) < 4.78 is 0. The van der Waals surface area contributed by atoms with Crippen LogP contribution in [0.25, 0.3) is 12.2 Å². The van der Waals surface area contributed by atoms with E-state index in [4.69, 9.17) is 23.2 Å². The smallest absolute Gasteiger partial charge is 0.0552 e. The van der Waals surface area contributed by atoms with E-state index in [0.717, 1.165) is 20.5 Å². The van der Waals surface area contributed by atoms with E-state index in [1.165, 1.54) is 10.5 Å². The lowest BCUT2D eigenvalue weighted by Gasteiger charge is -2.08. The average molecular weight is 279 g/mol. The monoisotopic (exact) mass is 278 g/mol. The van der Waals surface area contributed by atoms with Crippen molar-refractivity contribution >= 4 is 47.1 Å². The molecular formula is C14H8Cl2S. The van der Waals surface area contributed by atoms with Crippen LogP contribution in [-0.4, -0.2) is 0 Å². The van der Waals surface area contributed by atoms with Gasteiger partial charge in [0.15, 0.2) is 0 Å². The Morgan fingerprint density at radius 3 is 2.47 bits per heavy atom. The first-order valence-corrected chi connectivity index (χ1v) is 6.76. The van der Waals surface area contributed by atoms with E-state index in [9.17, 15) is 0 Å². The average Bonchev–Trinajstić information content (AvgIpc) is 2.54. The molecule has 0 saturated carbocycles. The van der Waals surface area contributed by atoms with Crippen LogP contribution in [0.3, 0.4) is 0 Å². The summed E-state index contributed by atoms with van der Waals surface area (Å²) in [6, 6.07) is 11.9. The fourth-order valence-electron chi connectivity index (χ4n) is 1.80. The predicted molar refractivity (Wildman–Crippen MR) is 76.0 cm³/mol. The van der Waals surface area contributed by atoms with Crippen molar-refractivity contribution in [2.45, 2.75) is 9.79 Å². The van der Waals surface area contributed by atoms with E-state index in [2.05, 4.69) is 18.2 Å². The quantitative estimate of drug-likeness (QED) is 0.514. The molecule has 0 bridgehead atoms. The zero-order valence-electron chi connectivity index (χ0n) is 8.78. The van der Waals surface area contributed by atoms with Crippen LogP contribution < -0.4 is 0 Å². The summed E-state index contributed by atoms with van der Waals surface area (Å²) in [5.41, 5.74) is 2.20. The third-order valence-corrected chi connectivity index (χ3v) is 4.65. The summed E-state index contributed by atoms with van der Waals surface area (Å²) in [7, 11) is 0. The second kappa shape index (κ2) is 4.41. The van der Waals surface area contributed by atoms with Gasteiger partial charge in [0.25, 0.3) is 0 Å². The van der Waals surface area contributed by atoms with Gasteiger partial charge in [-0.15, -0.1) is 0 Å². The number of fused-ring (bicyclic) bond motifs is 2. The first-order valence-electron chi connectivity index (χ1n) is 5.18. The third-order valence-electron chi connectivity index (χ3n) is 2.66. The Morgan fingerprint density at radius 1 is 0.824 bits per heavy atom. The van der Waals surface area contributed by atoms with Gasteiger partial charge in [0.05, 0.1) is 5.02 Å². The fourth-order valence-corrected chi connectivity index (χ4v) is 3.43. The Balaban J connectivity index is 2.25. The van der Waals surface area contributed by atoms with Gasteiger partial charge in [-0.05, 0) is 23.8 Å². The number of hydrogen-bond acceptors (Lipinski definition) is 1. The van der Waals surface area contributed by atoms with Crippen molar-refractivity contribution in [2.24, 2.45) is 0 Å². The molecule has 0 radical (unpaired) electrons. The Hall–Kier alpha value is -0.890. The molecule has 3 rings (SSSR count). The molecule has 3 heteroatoms. The molecule has 2 aromatic carbocycles. The van der Waals surface area contributed by atoms with E-state index in [-0.39, 0.29) is 0 Å². The fraction of sp³-hybridized carbons (Fsp3) is 0. The van der Waals surface area contributed by atoms with Crippen LogP contribution in [0.1, 0.15) is 11.1 Å². The molecule has 0 aromatic heterocycles. The van der Waals surface area contributed by atoms with Crippen LogP contribution in [0, 0.1) is 0 Å². The minimum atomic E-state index is 0.737. The lowest BCUT2D eigenvalue weighted by molar-refractivity contribution is 1.39. The summed E-state index contributed by atoms with van der Waals surface area (Å²) in [5.74, 6) is 0. The van der Waals surface area contributed by atoms with Gasteiger partial charge in [-0.3, -0.25) is 0 Å². The Labute approximate surface area is 114 Å². The maximum atomic E-state index is 6.24. The molecule has 0 saturated heterocycles. The van der Waals surface area contributed by atoms with E-state index in [0.29, 0.717) is 0 Å². The van der Waals surface area contributed by atoms with Crippen molar-refractivity contribution in [1.82, 2.24) is 0 Å². The zero-order chi connectivity index (χ0) is 11.8. The topological polar surface area (TPSA) is 0 Å². The molecule has 0 aliphatic carbocycles. The van der Waals surface area contributed by atoms with Crippen molar-refractivity contribution in [3.8, 4) is 0 Å². The van der Waals surface area contributed by atoms with Crippen molar-refractivity contribution in [3.63, 3.8) is 0 Å². The van der Waals surface area contributed by atoms with E-state index >= 15 is 0 Å². The van der Waals surface area contributed by atoms with Crippen molar-refractivity contribution < 1.29 is 0 Å². The highest BCUT2D eigenvalue weighted by molar-refractivity contribution is 7.99. The predicted octanol–water partition coefficient (Wildman–Crippen LogP) is 5.63. The molecule has 0 amide bonds. The molecule has 1 heterocycles. The Kier molecular flexibility index (Phi) is 2.91. The number of benzene rings is 2. The van der Waals surface area contributed by atoms with Crippen LogP contribution in [0.5, 0.6) is 0 Å². The van der Waals surface area contributed by atoms with Gasteiger partial charge >= 0.3 is 0 Å². The van der Waals surface area contributed by atoms with Crippen LogP contribution in [0.4, 0.5) is 0 Å². The normalized spacial score (nSPS) is 12.8. The Bertz CT molecular complexity index is 618. The van der Waals surface area contributed by atoms with E-state index in [1.54, 1.807) is 11.8 Å². The maximum absolute atomic E-state index is 6.24. The molecule has 84 valence electrons. The first-order chi connectivity index (χ1) is 8.25. The summed E-state index contributed by atoms with van der Waals surface area (Å²) in [6.45, 7) is 0. The standard InChI is InChI=1S/C14H8Cl2S/c15-11-7-8-12(16)14-10(11)6-5-9-3-1-2-4-13(9)17-14/h1-8H. The summed E-state index contributed by atoms with van der Waals surface area (Å²) in [4.78, 5) is 2.23. The third kappa shape index (κ3) is 1.99. The molecule has 0 nitrogen and oxygen atoms in total. The van der Waals surface area contributed by atoms with Crippen LogP contribution in [0.15, 0.2) is 46.2 Å². The highest BCUT2D eigenvalue weighted by Gasteiger charge is 2.14. The largest absolute Gasteiger partial charge is 0.0872 e. The van der Waals surface area contributed by atoms with Crippen LogP contribution >= 0.6 is 35.0 Å². The summed E-state index contributed by atoms with van der Waals surface area (Å²) >= 11 is 14.1. The molecule has 2 aromatic rings. The van der Waals surface area contributed by atoms with E-state index in [1.807, 2.05) is 30.3 Å². The van der Waals surface area contributed by atoms with Gasteiger partial charge in [-0.1, -0.05) is 65.3 Å². The van der Waals surface area contributed by atoms with Gasteiger partial charge in [0.1, 0.15) is 0 Å². The molecule has 0 N–H and O–H groups in total. The minimum absolute atomic E-state index is 0.737. The molecule has 0 atom stereocenters. The van der Waals surface area contributed by atoms with Crippen molar-refractivity contribution in [2.75, 3.05) is 0 Å². The van der Waals surface area contributed by atoms with Crippen LogP contribution in [0.2, 0.25) is 10.0 Å². The first kappa shape index (κ1) is 11.2. The highest BCUT2D eigenvalue weighted by atomic mass is 35.5. The van der Waals surface area contributed by atoms with Crippen LogP contribution in [-0.2, 0) is 0 Å². The second-order valence-corrected chi connectivity index (χ2v) is 5.61. The number of rotatable bonds is 0. The Morgan fingerprint density at radius 2 is 1.59 bits per heavy atom. The van der Waals surface area contributed by atoms with Gasteiger partial charge in [0, 0.05) is 20.4 Å². The number of halogens is 2. The highest BCUT2D eigenvalue weighted by Crippen LogP contribution is 2.43. The molecule has 0 spiro atoms. The zero-order valence-corrected chi connectivity index (χ0v) is 11.1. The lowest BCUT2D eigenvalue weighted by atomic mass is 10.1. The SMILES string of the molecule is Clc1ccc(Cl)c2c1C=Cc1ccccc1S2. The molecule has 17 heavy (non-hydrogen) atoms. The molecule has 0 unspecified atom stereocenters. The van der Waals surface area contributed by atoms with Gasteiger partial charge in [0.2, 0.25) is 0 Å². The van der Waals surface area contributed by atoms with Crippen molar-refractivity contribution in [1.29, 1.82) is 0 Å². The lowest BCUT2D eigenvalue weighted by Crippen LogP contribution is -1.82. The second-order valence-electron chi connectivity index (χ2n) is 3.75. The van der Waals surface area contributed by atoms with Gasteiger partial charge < -0.3 is 0 Å². The van der Waals surface area contributed by atoms with Gasteiger partial charge in [-0.25, -0.2) is 0 Å². The maximum Gasteiger partial charge on any atom is 0.0552 e. The van der Waals surface area contributed by atoms with E-state index < -0.39 is 0 Å². The summed E-state index contributed by atoms with van der Waals surface area (Å²) in [5, 5.41) is 1.48. The summed E-state index contributed by atoms with van der Waals surface area (Å²) in [6.07, 6.45) is 4.11. The molecule has 1 aliphatic heterocycles. The molecule has 0 fully saturated rings. The number of hydrogen-bond donors (Lipinski definition) is 0. The van der Waals surface area contributed by atoms with Gasteiger partial charge in [-0.2, -0.15) is 0 Å². The molecular weight excluding hydrogens is 271 g/mol.